The van der Waals surface area contributed by atoms with E-state index in [0.29, 0.717) is 21.5 Å². The summed E-state index contributed by atoms with van der Waals surface area (Å²) in [6.07, 6.45) is 0. The summed E-state index contributed by atoms with van der Waals surface area (Å²) in [5.41, 5.74) is 0.543. The van der Waals surface area contributed by atoms with Crippen LogP contribution in [0.1, 0.15) is 10.4 Å². The highest BCUT2D eigenvalue weighted by Crippen LogP contribution is 2.36. The zero-order valence-electron chi connectivity index (χ0n) is 15.9. The van der Waals surface area contributed by atoms with Crippen molar-refractivity contribution >= 4 is 61.3 Å². The standard InChI is InChI=1S/C20H16BrN3O5S/c1-28-16-10-12(24(26)27)7-8-15(16)22-20(30)23-19(25)14-9-11-5-3-4-6-13(11)17(21)18(14)29-2/h3-10H,1-2H3,(H2,22,23,25,30). The number of halogens is 1. The lowest BCUT2D eigenvalue weighted by Crippen LogP contribution is -2.34. The fourth-order valence-electron chi connectivity index (χ4n) is 2.87. The Morgan fingerprint density at radius 1 is 1.13 bits per heavy atom. The lowest BCUT2D eigenvalue weighted by molar-refractivity contribution is -0.384. The van der Waals surface area contributed by atoms with Crippen molar-refractivity contribution in [3.63, 3.8) is 0 Å². The topological polar surface area (TPSA) is 103 Å². The van der Waals surface area contributed by atoms with Crippen LogP contribution in [0.4, 0.5) is 11.4 Å². The summed E-state index contributed by atoms with van der Waals surface area (Å²) in [5, 5.41) is 18.1. The number of rotatable bonds is 5. The molecule has 1 amide bonds. The van der Waals surface area contributed by atoms with E-state index in [4.69, 9.17) is 21.7 Å². The minimum Gasteiger partial charge on any atom is -0.495 e. The predicted molar refractivity (Wildman–Crippen MR) is 122 cm³/mol. The molecule has 0 saturated heterocycles. The number of anilines is 1. The van der Waals surface area contributed by atoms with Crippen LogP contribution in [0, 0.1) is 10.1 Å². The van der Waals surface area contributed by atoms with Crippen LogP contribution in [0.2, 0.25) is 0 Å². The van der Waals surface area contributed by atoms with Crippen molar-refractivity contribution in [2.75, 3.05) is 19.5 Å². The van der Waals surface area contributed by atoms with Crippen LogP contribution < -0.4 is 20.1 Å². The van der Waals surface area contributed by atoms with Crippen LogP contribution in [0.15, 0.2) is 53.0 Å². The van der Waals surface area contributed by atoms with Gasteiger partial charge in [-0.15, -0.1) is 0 Å². The zero-order chi connectivity index (χ0) is 21.8. The van der Waals surface area contributed by atoms with E-state index in [2.05, 4.69) is 26.6 Å². The number of amides is 1. The Balaban J connectivity index is 1.85. The Hall–Kier alpha value is -3.24. The zero-order valence-corrected chi connectivity index (χ0v) is 18.3. The van der Waals surface area contributed by atoms with E-state index in [-0.39, 0.29) is 16.5 Å². The molecule has 0 heterocycles. The molecule has 8 nitrogen and oxygen atoms in total. The highest BCUT2D eigenvalue weighted by Gasteiger charge is 2.20. The number of carbonyl (C=O) groups excluding carboxylic acids is 1. The molecule has 0 aliphatic heterocycles. The minimum absolute atomic E-state index is 0.00140. The number of carbonyl (C=O) groups is 1. The molecule has 0 unspecified atom stereocenters. The molecule has 0 bridgehead atoms. The van der Waals surface area contributed by atoms with Crippen molar-refractivity contribution in [3.8, 4) is 11.5 Å². The largest absolute Gasteiger partial charge is 0.495 e. The number of hydrogen-bond acceptors (Lipinski definition) is 6. The van der Waals surface area contributed by atoms with Crippen LogP contribution in [0.3, 0.4) is 0 Å². The summed E-state index contributed by atoms with van der Waals surface area (Å²) >= 11 is 8.72. The van der Waals surface area contributed by atoms with Gasteiger partial charge in [0.25, 0.3) is 11.6 Å². The number of nitro benzene ring substituents is 1. The maximum absolute atomic E-state index is 12.9. The van der Waals surface area contributed by atoms with Crippen molar-refractivity contribution < 1.29 is 19.2 Å². The van der Waals surface area contributed by atoms with Gasteiger partial charge in [-0.1, -0.05) is 24.3 Å². The lowest BCUT2D eigenvalue weighted by atomic mass is 10.1. The van der Waals surface area contributed by atoms with Gasteiger partial charge < -0.3 is 14.8 Å². The highest BCUT2D eigenvalue weighted by molar-refractivity contribution is 9.10. The first-order valence-corrected chi connectivity index (χ1v) is 9.75. The second-order valence-electron chi connectivity index (χ2n) is 6.04. The number of nitro groups is 1. The summed E-state index contributed by atoms with van der Waals surface area (Å²) in [5.74, 6) is 0.116. The molecular weight excluding hydrogens is 474 g/mol. The van der Waals surface area contributed by atoms with E-state index in [0.717, 1.165) is 10.8 Å². The molecule has 0 aliphatic carbocycles. The van der Waals surface area contributed by atoms with Gasteiger partial charge in [-0.25, -0.2) is 0 Å². The van der Waals surface area contributed by atoms with E-state index in [1.165, 1.54) is 32.4 Å². The molecule has 0 radical (unpaired) electrons. The summed E-state index contributed by atoms with van der Waals surface area (Å²) < 4.78 is 11.2. The number of nitrogens with one attached hydrogen (secondary N) is 2. The maximum Gasteiger partial charge on any atom is 0.273 e. The molecule has 0 atom stereocenters. The number of hydrogen-bond donors (Lipinski definition) is 2. The monoisotopic (exact) mass is 489 g/mol. The Morgan fingerprint density at radius 2 is 1.87 bits per heavy atom. The number of benzene rings is 3. The van der Waals surface area contributed by atoms with Gasteiger partial charge in [0.2, 0.25) is 0 Å². The summed E-state index contributed by atoms with van der Waals surface area (Å²) in [7, 11) is 2.85. The molecular formula is C20H16BrN3O5S. The first-order chi connectivity index (χ1) is 14.3. The first-order valence-electron chi connectivity index (χ1n) is 8.55. The Morgan fingerprint density at radius 3 is 2.53 bits per heavy atom. The summed E-state index contributed by atoms with van der Waals surface area (Å²) in [4.78, 5) is 23.2. The average molecular weight is 490 g/mol. The molecule has 3 rings (SSSR count). The maximum atomic E-state index is 12.9. The Kier molecular flexibility index (Phi) is 6.48. The number of methoxy groups -OCH3 is 2. The van der Waals surface area contributed by atoms with Crippen LogP contribution >= 0.6 is 28.1 Å². The van der Waals surface area contributed by atoms with Gasteiger partial charge in [0.15, 0.2) is 5.11 Å². The van der Waals surface area contributed by atoms with Crippen molar-refractivity contribution in [1.29, 1.82) is 0 Å². The normalized spacial score (nSPS) is 10.4. The second kappa shape index (κ2) is 9.06. The van der Waals surface area contributed by atoms with Crippen LogP contribution in [-0.4, -0.2) is 30.2 Å². The van der Waals surface area contributed by atoms with Gasteiger partial charge in [0, 0.05) is 6.07 Å². The van der Waals surface area contributed by atoms with Crippen molar-refractivity contribution in [1.82, 2.24) is 5.32 Å². The van der Waals surface area contributed by atoms with Gasteiger partial charge >= 0.3 is 0 Å². The highest BCUT2D eigenvalue weighted by atomic mass is 79.9. The molecule has 0 fully saturated rings. The SMILES string of the molecule is COc1cc([N+](=O)[O-])ccc1NC(=S)NC(=O)c1cc2ccccc2c(Br)c1OC. The molecule has 0 spiro atoms. The Labute approximate surface area is 185 Å². The van der Waals surface area contributed by atoms with Crippen molar-refractivity contribution in [2.45, 2.75) is 0 Å². The third kappa shape index (κ3) is 4.34. The fourth-order valence-corrected chi connectivity index (χ4v) is 3.81. The smallest absolute Gasteiger partial charge is 0.273 e. The van der Waals surface area contributed by atoms with E-state index >= 15 is 0 Å². The van der Waals surface area contributed by atoms with Crippen LogP contribution in [0.25, 0.3) is 10.8 Å². The quantitative estimate of drug-likeness (QED) is 0.305. The molecule has 10 heteroatoms. The van der Waals surface area contributed by atoms with Gasteiger partial charge in [-0.3, -0.25) is 20.2 Å². The lowest BCUT2D eigenvalue weighted by Gasteiger charge is -2.15. The third-order valence-electron chi connectivity index (χ3n) is 4.26. The van der Waals surface area contributed by atoms with E-state index < -0.39 is 10.8 Å². The Bertz CT molecular complexity index is 1170. The number of nitrogens with zero attached hydrogens (tertiary/aromatic N) is 1. The van der Waals surface area contributed by atoms with Crippen molar-refractivity contribution in [3.05, 3.63) is 68.7 Å². The molecule has 0 saturated carbocycles. The van der Waals surface area contributed by atoms with Gasteiger partial charge in [-0.2, -0.15) is 0 Å². The average Bonchev–Trinajstić information content (AvgIpc) is 2.73. The number of ether oxygens (including phenoxy) is 2. The molecule has 30 heavy (non-hydrogen) atoms. The van der Waals surface area contributed by atoms with Crippen molar-refractivity contribution in [2.24, 2.45) is 0 Å². The third-order valence-corrected chi connectivity index (χ3v) is 5.25. The number of thiocarbonyl (C=S) groups is 1. The first kappa shape index (κ1) is 21.5. The molecule has 154 valence electrons. The van der Waals surface area contributed by atoms with Crippen LogP contribution in [0.5, 0.6) is 11.5 Å². The van der Waals surface area contributed by atoms with Crippen LogP contribution in [-0.2, 0) is 0 Å². The number of fused-ring (bicyclic) bond motifs is 1. The number of non-ortho nitro benzene ring substituents is 1. The summed E-state index contributed by atoms with van der Waals surface area (Å²) in [6, 6.07) is 13.3. The van der Waals surface area contributed by atoms with Gasteiger partial charge in [0.05, 0.1) is 40.9 Å². The fraction of sp³-hybridized carbons (Fsp3) is 0.100. The van der Waals surface area contributed by atoms with E-state index in [1.54, 1.807) is 6.07 Å². The van der Waals surface area contributed by atoms with E-state index in [9.17, 15) is 14.9 Å². The minimum atomic E-state index is -0.531. The van der Waals surface area contributed by atoms with Gasteiger partial charge in [-0.05, 0) is 51.1 Å². The summed E-state index contributed by atoms with van der Waals surface area (Å²) in [6.45, 7) is 0. The van der Waals surface area contributed by atoms with E-state index in [1.807, 2.05) is 24.3 Å². The molecule has 2 N–H and O–H groups in total. The predicted octanol–water partition coefficient (Wildman–Crippen LogP) is 4.65. The molecule has 0 aromatic heterocycles. The second-order valence-corrected chi connectivity index (χ2v) is 7.24. The molecule has 3 aromatic rings. The molecule has 0 aliphatic rings. The van der Waals surface area contributed by atoms with Gasteiger partial charge in [0.1, 0.15) is 11.5 Å². The molecule has 3 aromatic carbocycles.